The quantitative estimate of drug-likeness (QED) is 0.693. The first-order valence-electron chi connectivity index (χ1n) is 7.84. The summed E-state index contributed by atoms with van der Waals surface area (Å²) in [4.78, 5) is 0. The van der Waals surface area contributed by atoms with E-state index in [1.807, 2.05) is 43.7 Å². The Bertz CT molecular complexity index is 653. The van der Waals surface area contributed by atoms with E-state index in [9.17, 15) is 5.11 Å². The Morgan fingerprint density at radius 3 is 2.70 bits per heavy atom. The highest BCUT2D eigenvalue weighted by molar-refractivity contribution is 5.51. The van der Waals surface area contributed by atoms with Crippen LogP contribution in [0.25, 0.3) is 0 Å². The lowest BCUT2D eigenvalue weighted by Gasteiger charge is -2.12. The largest absolute Gasteiger partial charge is 0.494 e. The van der Waals surface area contributed by atoms with Crippen LogP contribution in [0.2, 0.25) is 0 Å². The Morgan fingerprint density at radius 1 is 1.26 bits per heavy atom. The first kappa shape index (κ1) is 17.3. The summed E-state index contributed by atoms with van der Waals surface area (Å²) in [6.45, 7) is 7.63. The third-order valence-corrected chi connectivity index (χ3v) is 3.84. The Labute approximate surface area is 136 Å². The minimum atomic E-state index is -0.0582. The third-order valence-electron chi connectivity index (χ3n) is 3.84. The average Bonchev–Trinajstić information content (AvgIpc) is 2.81. The molecule has 0 aliphatic rings. The number of hydrogen-bond donors (Lipinski definition) is 3. The van der Waals surface area contributed by atoms with Gasteiger partial charge in [-0.25, -0.2) is 0 Å². The van der Waals surface area contributed by atoms with E-state index in [4.69, 9.17) is 9.84 Å². The van der Waals surface area contributed by atoms with Crippen LogP contribution < -0.4 is 10.1 Å². The monoisotopic (exact) mass is 319 g/mol. The predicted molar refractivity (Wildman–Crippen MR) is 89.6 cm³/mol. The van der Waals surface area contributed by atoms with Gasteiger partial charge in [0.15, 0.2) is 0 Å². The van der Waals surface area contributed by atoms with Crippen molar-refractivity contribution in [1.29, 1.82) is 0 Å². The van der Waals surface area contributed by atoms with E-state index in [0.29, 0.717) is 25.4 Å². The molecule has 126 valence electrons. The zero-order chi connectivity index (χ0) is 16.8. The summed E-state index contributed by atoms with van der Waals surface area (Å²) in [5, 5.41) is 26.3. The number of ether oxygens (including phenoxy) is 1. The summed E-state index contributed by atoms with van der Waals surface area (Å²) < 4.78 is 7.31. The fourth-order valence-electron chi connectivity index (χ4n) is 2.60. The van der Waals surface area contributed by atoms with Gasteiger partial charge in [0.05, 0.1) is 32.1 Å². The number of aliphatic hydroxyl groups excluding tert-OH is 2. The summed E-state index contributed by atoms with van der Waals surface area (Å²) in [6, 6.07) is 5.70. The molecule has 0 aliphatic carbocycles. The Balaban J connectivity index is 2.12. The van der Waals surface area contributed by atoms with Crippen LogP contribution >= 0.6 is 0 Å². The second-order valence-corrected chi connectivity index (χ2v) is 5.36. The fourth-order valence-corrected chi connectivity index (χ4v) is 2.60. The maximum Gasteiger partial charge on any atom is 0.124 e. The molecule has 0 saturated carbocycles. The van der Waals surface area contributed by atoms with Gasteiger partial charge in [-0.3, -0.25) is 4.68 Å². The van der Waals surface area contributed by atoms with Crippen LogP contribution in [0, 0.1) is 13.8 Å². The fraction of sp³-hybridized carbons (Fsp3) is 0.471. The van der Waals surface area contributed by atoms with Crippen LogP contribution in [0.15, 0.2) is 18.2 Å². The summed E-state index contributed by atoms with van der Waals surface area (Å²) in [7, 11) is 0. The summed E-state index contributed by atoms with van der Waals surface area (Å²) in [6.07, 6.45) is 0. The van der Waals surface area contributed by atoms with Crippen molar-refractivity contribution >= 4 is 5.69 Å². The van der Waals surface area contributed by atoms with E-state index in [2.05, 4.69) is 10.4 Å². The van der Waals surface area contributed by atoms with Gasteiger partial charge in [0.25, 0.3) is 0 Å². The molecule has 0 bridgehead atoms. The van der Waals surface area contributed by atoms with Gasteiger partial charge in [-0.2, -0.15) is 5.10 Å². The smallest absolute Gasteiger partial charge is 0.124 e. The normalized spacial score (nSPS) is 10.8. The molecule has 0 saturated heterocycles. The Hall–Kier alpha value is -2.05. The lowest BCUT2D eigenvalue weighted by Crippen LogP contribution is -2.07. The molecule has 6 nitrogen and oxygen atoms in total. The summed E-state index contributed by atoms with van der Waals surface area (Å²) in [5.41, 5.74) is 4.82. The lowest BCUT2D eigenvalue weighted by atomic mass is 10.1. The van der Waals surface area contributed by atoms with E-state index in [1.54, 1.807) is 0 Å². The highest BCUT2D eigenvalue weighted by Gasteiger charge is 2.11. The van der Waals surface area contributed by atoms with Crippen molar-refractivity contribution in [2.24, 2.45) is 0 Å². The van der Waals surface area contributed by atoms with E-state index >= 15 is 0 Å². The molecule has 0 unspecified atom stereocenters. The number of aliphatic hydroxyl groups is 2. The molecular formula is C17H25N3O3. The number of anilines is 1. The van der Waals surface area contributed by atoms with Crippen molar-refractivity contribution in [3.05, 3.63) is 40.7 Å². The zero-order valence-electron chi connectivity index (χ0n) is 14.0. The molecule has 0 amide bonds. The van der Waals surface area contributed by atoms with Crippen LogP contribution in [-0.2, 0) is 19.7 Å². The average molecular weight is 319 g/mol. The van der Waals surface area contributed by atoms with Crippen molar-refractivity contribution in [3.63, 3.8) is 0 Å². The molecule has 1 aromatic heterocycles. The topological polar surface area (TPSA) is 79.5 Å². The van der Waals surface area contributed by atoms with Gasteiger partial charge < -0.3 is 20.3 Å². The summed E-state index contributed by atoms with van der Waals surface area (Å²) in [5.74, 6) is 0.712. The van der Waals surface area contributed by atoms with Crippen molar-refractivity contribution in [3.8, 4) is 5.75 Å². The molecule has 1 heterocycles. The molecule has 2 aromatic rings. The first-order chi connectivity index (χ1) is 11.1. The molecule has 0 atom stereocenters. The minimum Gasteiger partial charge on any atom is -0.494 e. The number of aromatic nitrogens is 2. The molecule has 0 radical (unpaired) electrons. The predicted octanol–water partition coefficient (Wildman–Crippen LogP) is 2.00. The standard InChI is InChI=1S/C17H25N3O3/c1-4-23-17-6-5-15(9-14(17)11-22)18-10-16-12(2)19-20(7-8-21)13(16)3/h5-6,9,18,21-22H,4,7-8,10-11H2,1-3H3. The van der Waals surface area contributed by atoms with E-state index in [0.717, 1.165) is 28.2 Å². The molecule has 0 fully saturated rings. The molecular weight excluding hydrogens is 294 g/mol. The van der Waals surface area contributed by atoms with Gasteiger partial charge in [-0.05, 0) is 39.0 Å². The van der Waals surface area contributed by atoms with E-state index < -0.39 is 0 Å². The third kappa shape index (κ3) is 4.03. The maximum atomic E-state index is 9.46. The second kappa shape index (κ2) is 7.99. The van der Waals surface area contributed by atoms with Crippen molar-refractivity contribution in [2.45, 2.75) is 40.5 Å². The maximum absolute atomic E-state index is 9.46. The van der Waals surface area contributed by atoms with Crippen molar-refractivity contribution < 1.29 is 14.9 Å². The van der Waals surface area contributed by atoms with Crippen molar-refractivity contribution in [1.82, 2.24) is 9.78 Å². The molecule has 23 heavy (non-hydrogen) atoms. The Morgan fingerprint density at radius 2 is 2.04 bits per heavy atom. The molecule has 2 rings (SSSR count). The van der Waals surface area contributed by atoms with Gasteiger partial charge in [-0.15, -0.1) is 0 Å². The van der Waals surface area contributed by atoms with Gasteiger partial charge in [-0.1, -0.05) is 0 Å². The van der Waals surface area contributed by atoms with Gasteiger partial charge >= 0.3 is 0 Å². The zero-order valence-corrected chi connectivity index (χ0v) is 14.0. The van der Waals surface area contributed by atoms with Crippen LogP contribution in [0.4, 0.5) is 5.69 Å². The molecule has 0 spiro atoms. The number of aryl methyl sites for hydroxylation is 1. The van der Waals surface area contributed by atoms with Gasteiger partial charge in [0.2, 0.25) is 0 Å². The van der Waals surface area contributed by atoms with Crippen LogP contribution in [0.3, 0.4) is 0 Å². The van der Waals surface area contributed by atoms with Gasteiger partial charge in [0, 0.05) is 29.1 Å². The van der Waals surface area contributed by atoms with Crippen LogP contribution in [0.1, 0.15) is 29.4 Å². The van der Waals surface area contributed by atoms with Crippen molar-refractivity contribution in [2.75, 3.05) is 18.5 Å². The van der Waals surface area contributed by atoms with E-state index in [1.165, 1.54) is 0 Å². The number of nitrogens with zero attached hydrogens (tertiary/aromatic N) is 2. The second-order valence-electron chi connectivity index (χ2n) is 5.36. The molecule has 6 heteroatoms. The molecule has 1 aromatic carbocycles. The first-order valence-corrected chi connectivity index (χ1v) is 7.84. The lowest BCUT2D eigenvalue weighted by molar-refractivity contribution is 0.267. The Kier molecular flexibility index (Phi) is 6.01. The molecule has 3 N–H and O–H groups in total. The number of nitrogens with one attached hydrogen (secondary N) is 1. The highest BCUT2D eigenvalue weighted by atomic mass is 16.5. The van der Waals surface area contributed by atoms with E-state index in [-0.39, 0.29) is 13.2 Å². The summed E-state index contributed by atoms with van der Waals surface area (Å²) >= 11 is 0. The minimum absolute atomic E-state index is 0.0582. The highest BCUT2D eigenvalue weighted by Crippen LogP contribution is 2.24. The molecule has 0 aliphatic heterocycles. The number of benzene rings is 1. The van der Waals surface area contributed by atoms with Gasteiger partial charge in [0.1, 0.15) is 5.75 Å². The SMILES string of the molecule is CCOc1ccc(NCc2c(C)nn(CCO)c2C)cc1CO. The van der Waals surface area contributed by atoms with Crippen LogP contribution in [-0.4, -0.2) is 33.2 Å². The number of rotatable bonds is 8. The van der Waals surface area contributed by atoms with Crippen LogP contribution in [0.5, 0.6) is 5.75 Å². The number of hydrogen-bond acceptors (Lipinski definition) is 5.